The van der Waals surface area contributed by atoms with E-state index in [0.717, 1.165) is 5.52 Å². The van der Waals surface area contributed by atoms with Gasteiger partial charge in [-0.1, -0.05) is 23.4 Å². The molecule has 9 nitrogen and oxygen atoms in total. The molecule has 0 atom stereocenters. The lowest BCUT2D eigenvalue weighted by molar-refractivity contribution is -0.116. The van der Waals surface area contributed by atoms with Crippen LogP contribution in [-0.2, 0) is 4.79 Å². The van der Waals surface area contributed by atoms with Crippen LogP contribution in [0.5, 0.6) is 0 Å². The van der Waals surface area contributed by atoms with Crippen molar-refractivity contribution in [3.05, 3.63) is 60.0 Å². The monoisotopic (exact) mass is 362 g/mol. The maximum atomic E-state index is 12.5. The van der Waals surface area contributed by atoms with Gasteiger partial charge in [-0.05, 0) is 25.1 Å². The summed E-state index contributed by atoms with van der Waals surface area (Å²) in [5.41, 5.74) is 7.18. The van der Waals surface area contributed by atoms with E-state index in [1.807, 2.05) is 18.2 Å². The van der Waals surface area contributed by atoms with Crippen molar-refractivity contribution < 1.29 is 14.1 Å². The lowest BCUT2D eigenvalue weighted by Crippen LogP contribution is -2.35. The number of hydrogen-bond acceptors (Lipinski definition) is 7. The Balaban J connectivity index is 1.47. The molecule has 9 heteroatoms. The Morgan fingerprint density at radius 2 is 1.89 bits per heavy atom. The number of aromatic amines is 1. The molecule has 1 aromatic carbocycles. The number of ketones is 1. The zero-order chi connectivity index (χ0) is 18.8. The van der Waals surface area contributed by atoms with Crippen LogP contribution in [0.25, 0.3) is 22.3 Å². The maximum absolute atomic E-state index is 12.5. The largest absolute Gasteiger partial charge is 0.358 e. The molecule has 1 amide bonds. The van der Waals surface area contributed by atoms with E-state index in [1.165, 1.54) is 0 Å². The van der Waals surface area contributed by atoms with Gasteiger partial charge in [0.05, 0.1) is 5.56 Å². The van der Waals surface area contributed by atoms with E-state index in [0.29, 0.717) is 28.0 Å². The van der Waals surface area contributed by atoms with Gasteiger partial charge < -0.3 is 9.51 Å². The van der Waals surface area contributed by atoms with E-state index in [-0.39, 0.29) is 6.01 Å². The van der Waals surface area contributed by atoms with Crippen molar-refractivity contribution in [1.29, 1.82) is 0 Å². The number of rotatable bonds is 5. The molecule has 0 saturated heterocycles. The smallest absolute Gasteiger partial charge is 0.340 e. The average molecular weight is 362 g/mol. The van der Waals surface area contributed by atoms with Crippen molar-refractivity contribution in [1.82, 2.24) is 25.5 Å². The van der Waals surface area contributed by atoms with E-state index in [9.17, 15) is 9.59 Å². The third-order valence-electron chi connectivity index (χ3n) is 3.97. The highest BCUT2D eigenvalue weighted by Gasteiger charge is 2.23. The van der Waals surface area contributed by atoms with Crippen LogP contribution < -0.4 is 10.9 Å². The molecule has 0 radical (unpaired) electrons. The van der Waals surface area contributed by atoms with Crippen LogP contribution in [0, 0.1) is 6.92 Å². The number of H-pyrrole nitrogens is 1. The molecular weight excluding hydrogens is 348 g/mol. The molecule has 134 valence electrons. The number of anilines is 1. The van der Waals surface area contributed by atoms with Crippen molar-refractivity contribution in [3.63, 3.8) is 0 Å². The van der Waals surface area contributed by atoms with E-state index in [4.69, 9.17) is 4.52 Å². The Bertz CT molecular complexity index is 1130. The molecule has 0 aliphatic heterocycles. The number of nitrogens with one attached hydrogen (secondary N) is 3. The summed E-state index contributed by atoms with van der Waals surface area (Å²) in [4.78, 5) is 35.9. The number of nitrogens with zero attached hydrogens (tertiary/aromatic N) is 3. The minimum Gasteiger partial charge on any atom is -0.358 e. The van der Waals surface area contributed by atoms with Crippen LogP contribution in [-0.4, -0.2) is 31.8 Å². The Labute approximate surface area is 152 Å². The molecule has 0 unspecified atom stereocenters. The van der Waals surface area contributed by atoms with Crippen molar-refractivity contribution in [3.8, 4) is 11.4 Å². The second-order valence-electron chi connectivity index (χ2n) is 5.74. The summed E-state index contributed by atoms with van der Waals surface area (Å²) in [5.74, 6) is -1.19. The van der Waals surface area contributed by atoms with Gasteiger partial charge in [-0.15, -0.1) is 0 Å². The van der Waals surface area contributed by atoms with Crippen molar-refractivity contribution in [2.24, 2.45) is 0 Å². The molecule has 0 spiro atoms. The number of aryl methyl sites for hydroxylation is 1. The summed E-state index contributed by atoms with van der Waals surface area (Å²) in [5, 5.41) is 4.48. The zero-order valence-corrected chi connectivity index (χ0v) is 14.2. The molecule has 3 aromatic heterocycles. The van der Waals surface area contributed by atoms with Crippen LogP contribution in [0.2, 0.25) is 0 Å². The number of carbonyl (C=O) groups is 2. The molecule has 4 rings (SSSR count). The summed E-state index contributed by atoms with van der Waals surface area (Å²) in [6.45, 7) is 1.74. The third kappa shape index (κ3) is 3.13. The van der Waals surface area contributed by atoms with Gasteiger partial charge >= 0.3 is 11.9 Å². The second-order valence-corrected chi connectivity index (χ2v) is 5.74. The fourth-order valence-corrected chi connectivity index (χ4v) is 2.74. The van der Waals surface area contributed by atoms with Crippen LogP contribution in [0.4, 0.5) is 6.01 Å². The van der Waals surface area contributed by atoms with Gasteiger partial charge in [0.25, 0.3) is 5.78 Å². The van der Waals surface area contributed by atoms with Gasteiger partial charge in [-0.3, -0.25) is 20.0 Å². The van der Waals surface area contributed by atoms with Gasteiger partial charge in [0.15, 0.2) is 0 Å². The van der Waals surface area contributed by atoms with Crippen molar-refractivity contribution in [2.75, 3.05) is 5.43 Å². The van der Waals surface area contributed by atoms with Crippen LogP contribution in [0.1, 0.15) is 16.1 Å². The number of carbonyl (C=O) groups excluding carboxylic acids is 2. The maximum Gasteiger partial charge on any atom is 0.340 e. The van der Waals surface area contributed by atoms with E-state index < -0.39 is 11.7 Å². The second kappa shape index (κ2) is 6.71. The van der Waals surface area contributed by atoms with E-state index in [2.05, 4.69) is 31.0 Å². The molecule has 0 aliphatic rings. The normalized spacial score (nSPS) is 10.7. The number of benzene rings is 1. The van der Waals surface area contributed by atoms with Crippen molar-refractivity contribution in [2.45, 2.75) is 6.92 Å². The van der Waals surface area contributed by atoms with E-state index >= 15 is 0 Å². The van der Waals surface area contributed by atoms with Crippen LogP contribution in [0.3, 0.4) is 0 Å². The van der Waals surface area contributed by atoms with Gasteiger partial charge in [0.1, 0.15) is 0 Å². The Kier molecular flexibility index (Phi) is 4.09. The van der Waals surface area contributed by atoms with Crippen LogP contribution >= 0.6 is 0 Å². The molecule has 27 heavy (non-hydrogen) atoms. The number of hydrazine groups is 1. The summed E-state index contributed by atoms with van der Waals surface area (Å²) in [6, 6.07) is 10.7. The number of para-hydroxylation sites is 1. The highest BCUT2D eigenvalue weighted by molar-refractivity contribution is 6.45. The summed E-state index contributed by atoms with van der Waals surface area (Å²) >= 11 is 0. The highest BCUT2D eigenvalue weighted by atomic mass is 16.5. The molecular formula is C18H14N6O3. The number of Topliss-reactive ketones (excluding diaryl/α,β-unsaturated/α-hetero) is 1. The fraction of sp³-hybridized carbons (Fsp3) is 0.0556. The van der Waals surface area contributed by atoms with Gasteiger partial charge in [0.2, 0.25) is 5.82 Å². The summed E-state index contributed by atoms with van der Waals surface area (Å²) < 4.78 is 5.01. The third-order valence-corrected chi connectivity index (χ3v) is 3.97. The molecule has 3 N–H and O–H groups in total. The molecule has 3 heterocycles. The quantitative estimate of drug-likeness (QED) is 0.282. The lowest BCUT2D eigenvalue weighted by atomic mass is 10.1. The number of fused-ring (bicyclic) bond motifs is 1. The molecule has 0 aliphatic carbocycles. The standard InChI is InChI=1S/C18H14N6O3/c1-10-14(12-4-2-3-5-13(12)20-10)15(25)17(26)22-23-18-21-16(24-27-18)11-6-8-19-9-7-11/h2-9,20H,1H3,(H,22,26)(H,21,23,24). The van der Waals surface area contributed by atoms with Crippen molar-refractivity contribution >= 4 is 28.6 Å². The summed E-state index contributed by atoms with van der Waals surface area (Å²) in [6.07, 6.45) is 3.20. The summed E-state index contributed by atoms with van der Waals surface area (Å²) in [7, 11) is 0. The number of hydrogen-bond donors (Lipinski definition) is 3. The topological polar surface area (TPSA) is 126 Å². The van der Waals surface area contributed by atoms with Crippen LogP contribution in [0.15, 0.2) is 53.3 Å². The fourth-order valence-electron chi connectivity index (χ4n) is 2.74. The van der Waals surface area contributed by atoms with E-state index in [1.54, 1.807) is 37.5 Å². The Morgan fingerprint density at radius 1 is 1.11 bits per heavy atom. The Hall–Kier alpha value is -4.01. The number of pyridine rings is 1. The van der Waals surface area contributed by atoms with Gasteiger partial charge in [-0.2, -0.15) is 4.98 Å². The molecule has 4 aromatic rings. The lowest BCUT2D eigenvalue weighted by Gasteiger charge is -2.03. The van der Waals surface area contributed by atoms with Gasteiger partial charge in [-0.25, -0.2) is 5.43 Å². The first-order valence-electron chi connectivity index (χ1n) is 8.05. The SMILES string of the molecule is Cc1[nH]c2ccccc2c1C(=O)C(=O)NNc1nc(-c2ccncc2)no1. The first-order valence-corrected chi connectivity index (χ1v) is 8.05. The highest BCUT2D eigenvalue weighted by Crippen LogP contribution is 2.22. The Morgan fingerprint density at radius 3 is 2.70 bits per heavy atom. The molecule has 0 bridgehead atoms. The minimum atomic E-state index is -0.841. The zero-order valence-electron chi connectivity index (χ0n) is 14.2. The first kappa shape index (κ1) is 16.5. The first-order chi connectivity index (χ1) is 13.1. The predicted molar refractivity (Wildman–Crippen MR) is 96.7 cm³/mol. The minimum absolute atomic E-state index is 0.0430. The molecule has 0 fully saturated rings. The number of aromatic nitrogens is 4. The molecule has 0 saturated carbocycles. The van der Waals surface area contributed by atoms with Gasteiger partial charge in [0, 0.05) is 34.6 Å². The number of amides is 1. The predicted octanol–water partition coefficient (Wildman–Crippen LogP) is 2.25. The average Bonchev–Trinajstić information content (AvgIpc) is 3.30.